The Morgan fingerprint density at radius 1 is 1.11 bits per heavy atom. The Morgan fingerprint density at radius 2 is 1.93 bits per heavy atom. The van der Waals surface area contributed by atoms with Crippen molar-refractivity contribution < 1.29 is 9.21 Å². The number of aromatic nitrogens is 2. The van der Waals surface area contributed by atoms with Crippen molar-refractivity contribution in [3.8, 4) is 0 Å². The first-order valence-electron chi connectivity index (χ1n) is 10.5. The van der Waals surface area contributed by atoms with Crippen LogP contribution in [0.2, 0.25) is 0 Å². The van der Waals surface area contributed by atoms with Crippen LogP contribution in [0, 0.1) is 5.41 Å². The fourth-order valence-corrected chi connectivity index (χ4v) is 4.68. The van der Waals surface area contributed by atoms with Gasteiger partial charge in [-0.2, -0.15) is 0 Å². The minimum atomic E-state index is 0.205. The van der Waals surface area contributed by atoms with Gasteiger partial charge in [0.15, 0.2) is 0 Å². The van der Waals surface area contributed by atoms with Crippen molar-refractivity contribution in [3.63, 3.8) is 0 Å². The summed E-state index contributed by atoms with van der Waals surface area (Å²) in [5.74, 6) is 1.72. The number of carbonyl (C=O) groups is 1. The lowest BCUT2D eigenvalue weighted by atomic mass is 9.73. The summed E-state index contributed by atoms with van der Waals surface area (Å²) in [5.41, 5.74) is 1.50. The molecule has 1 aromatic heterocycles. The molecule has 0 saturated carbocycles. The van der Waals surface area contributed by atoms with Gasteiger partial charge in [-0.25, -0.2) is 0 Å². The quantitative estimate of drug-likeness (QED) is 0.768. The summed E-state index contributed by atoms with van der Waals surface area (Å²) in [6.45, 7) is 6.49. The second-order valence-electron chi connectivity index (χ2n) is 8.31. The summed E-state index contributed by atoms with van der Waals surface area (Å²) < 4.78 is 5.71. The molecule has 6 nitrogen and oxygen atoms in total. The highest BCUT2D eigenvalue weighted by Crippen LogP contribution is 2.39. The molecule has 2 aliphatic rings. The van der Waals surface area contributed by atoms with E-state index in [4.69, 9.17) is 4.42 Å². The average molecular weight is 383 g/mol. The van der Waals surface area contributed by atoms with Crippen molar-refractivity contribution in [1.29, 1.82) is 0 Å². The number of rotatable bonds is 6. The van der Waals surface area contributed by atoms with E-state index in [0.717, 1.165) is 51.9 Å². The lowest BCUT2D eigenvalue weighted by molar-refractivity contribution is -0.139. The number of benzene rings is 1. The van der Waals surface area contributed by atoms with Gasteiger partial charge in [-0.1, -0.05) is 37.3 Å². The zero-order valence-electron chi connectivity index (χ0n) is 16.8. The van der Waals surface area contributed by atoms with E-state index in [2.05, 4.69) is 44.3 Å². The predicted octanol–water partition coefficient (Wildman–Crippen LogP) is 3.08. The molecule has 1 atom stereocenters. The molecule has 0 N–H and O–H groups in total. The molecule has 2 aliphatic heterocycles. The van der Waals surface area contributed by atoms with Crippen LogP contribution in [0.25, 0.3) is 0 Å². The van der Waals surface area contributed by atoms with Crippen molar-refractivity contribution in [2.24, 2.45) is 5.41 Å². The lowest BCUT2D eigenvalue weighted by Crippen LogP contribution is -2.54. The van der Waals surface area contributed by atoms with Gasteiger partial charge < -0.3 is 9.32 Å². The molecule has 2 fully saturated rings. The van der Waals surface area contributed by atoms with Crippen molar-refractivity contribution in [2.75, 3.05) is 26.2 Å². The van der Waals surface area contributed by atoms with Crippen LogP contribution in [-0.2, 0) is 24.2 Å². The van der Waals surface area contributed by atoms with E-state index in [1.54, 1.807) is 0 Å². The van der Waals surface area contributed by atoms with E-state index in [1.807, 2.05) is 13.0 Å². The van der Waals surface area contributed by atoms with Crippen LogP contribution >= 0.6 is 0 Å². The molecule has 150 valence electrons. The molecule has 1 spiro atoms. The Bertz CT molecular complexity index is 791. The summed E-state index contributed by atoms with van der Waals surface area (Å²) in [5, 5.41) is 8.26. The molecule has 1 amide bonds. The van der Waals surface area contributed by atoms with E-state index in [9.17, 15) is 4.79 Å². The Balaban J connectivity index is 1.37. The highest BCUT2D eigenvalue weighted by atomic mass is 16.4. The molecule has 0 bridgehead atoms. The topological polar surface area (TPSA) is 62.5 Å². The third-order valence-corrected chi connectivity index (χ3v) is 6.17. The minimum absolute atomic E-state index is 0.205. The lowest BCUT2D eigenvalue weighted by Gasteiger charge is -2.48. The summed E-state index contributed by atoms with van der Waals surface area (Å²) in [6, 6.07) is 10.4. The van der Waals surface area contributed by atoms with Gasteiger partial charge in [-0.3, -0.25) is 9.69 Å². The van der Waals surface area contributed by atoms with Crippen LogP contribution in [0.4, 0.5) is 0 Å². The maximum atomic E-state index is 12.5. The zero-order chi connectivity index (χ0) is 19.4. The van der Waals surface area contributed by atoms with Gasteiger partial charge in [0, 0.05) is 37.9 Å². The molecule has 4 rings (SSSR count). The van der Waals surface area contributed by atoms with Gasteiger partial charge in [0.25, 0.3) is 0 Å². The number of hydrogen-bond donors (Lipinski definition) is 0. The van der Waals surface area contributed by atoms with Crippen LogP contribution < -0.4 is 0 Å². The molecule has 0 radical (unpaired) electrons. The number of nitrogens with zero attached hydrogens (tertiary/aromatic N) is 4. The highest BCUT2D eigenvalue weighted by molar-refractivity contribution is 5.77. The molecule has 6 heteroatoms. The monoisotopic (exact) mass is 382 g/mol. The first-order valence-corrected chi connectivity index (χ1v) is 10.5. The van der Waals surface area contributed by atoms with Gasteiger partial charge in [0.2, 0.25) is 17.7 Å². The maximum absolute atomic E-state index is 12.5. The average Bonchev–Trinajstić information content (AvgIpc) is 3.17. The molecule has 1 aromatic carbocycles. The number of carbonyl (C=O) groups excluding carboxylic acids is 1. The Morgan fingerprint density at radius 3 is 2.71 bits per heavy atom. The maximum Gasteiger partial charge on any atom is 0.230 e. The molecule has 0 aliphatic carbocycles. The standard InChI is InChI=1S/C22H30N4O2/c1-2-19-23-24-20(28-19)15-25-13-6-11-22(16-25)12-9-21(27)26(17-22)14-10-18-7-4-3-5-8-18/h3-5,7-8H,2,6,9-17H2,1H3/t22-/m0/s1. The second-order valence-corrected chi connectivity index (χ2v) is 8.31. The molecule has 0 unspecified atom stereocenters. The summed E-state index contributed by atoms with van der Waals surface area (Å²) in [6.07, 6.45) is 5.72. The van der Waals surface area contributed by atoms with Gasteiger partial charge in [0.05, 0.1) is 6.54 Å². The Hall–Kier alpha value is -2.21. The van der Waals surface area contributed by atoms with Gasteiger partial charge in [-0.15, -0.1) is 10.2 Å². The Kier molecular flexibility index (Phi) is 5.76. The number of piperidine rings is 2. The summed E-state index contributed by atoms with van der Waals surface area (Å²) in [4.78, 5) is 17.1. The van der Waals surface area contributed by atoms with Crippen LogP contribution in [0.3, 0.4) is 0 Å². The molecule has 2 saturated heterocycles. The highest BCUT2D eigenvalue weighted by Gasteiger charge is 2.41. The SMILES string of the molecule is CCc1nnc(CN2CCC[C@]3(CCC(=O)N(CCc4ccccc4)C3)C2)o1. The van der Waals surface area contributed by atoms with Gasteiger partial charge in [0.1, 0.15) is 0 Å². The molecule has 3 heterocycles. The molecule has 2 aromatic rings. The number of amides is 1. The van der Waals surface area contributed by atoms with E-state index in [0.29, 0.717) is 30.7 Å². The van der Waals surface area contributed by atoms with Gasteiger partial charge in [-0.05, 0) is 37.8 Å². The van der Waals surface area contributed by atoms with Crippen molar-refractivity contribution in [3.05, 3.63) is 47.7 Å². The van der Waals surface area contributed by atoms with Crippen LogP contribution in [0.5, 0.6) is 0 Å². The molecular formula is C22H30N4O2. The summed E-state index contributed by atoms with van der Waals surface area (Å²) >= 11 is 0. The number of aryl methyl sites for hydroxylation is 1. The fraction of sp³-hybridized carbons (Fsp3) is 0.591. The van der Waals surface area contributed by atoms with Crippen molar-refractivity contribution in [2.45, 2.75) is 52.0 Å². The smallest absolute Gasteiger partial charge is 0.230 e. The van der Waals surface area contributed by atoms with E-state index < -0.39 is 0 Å². The second kappa shape index (κ2) is 8.43. The third kappa shape index (κ3) is 4.43. The van der Waals surface area contributed by atoms with Crippen molar-refractivity contribution >= 4 is 5.91 Å². The Labute approximate surface area is 166 Å². The van der Waals surface area contributed by atoms with Gasteiger partial charge >= 0.3 is 0 Å². The first kappa shape index (κ1) is 19.1. The van der Waals surface area contributed by atoms with E-state index in [1.165, 1.54) is 12.0 Å². The summed E-state index contributed by atoms with van der Waals surface area (Å²) in [7, 11) is 0. The normalized spacial score (nSPS) is 23.5. The largest absolute Gasteiger partial charge is 0.424 e. The number of likely N-dealkylation sites (tertiary alicyclic amines) is 2. The zero-order valence-corrected chi connectivity index (χ0v) is 16.8. The minimum Gasteiger partial charge on any atom is -0.424 e. The van der Waals surface area contributed by atoms with E-state index >= 15 is 0 Å². The van der Waals surface area contributed by atoms with Crippen LogP contribution in [0.1, 0.15) is 50.0 Å². The fourth-order valence-electron chi connectivity index (χ4n) is 4.68. The van der Waals surface area contributed by atoms with Crippen LogP contribution in [-0.4, -0.2) is 52.1 Å². The van der Waals surface area contributed by atoms with Crippen LogP contribution in [0.15, 0.2) is 34.7 Å². The third-order valence-electron chi connectivity index (χ3n) is 6.17. The molecular weight excluding hydrogens is 352 g/mol. The number of hydrogen-bond acceptors (Lipinski definition) is 5. The molecule has 28 heavy (non-hydrogen) atoms. The van der Waals surface area contributed by atoms with E-state index in [-0.39, 0.29) is 5.41 Å². The first-order chi connectivity index (χ1) is 13.7. The predicted molar refractivity (Wildman–Crippen MR) is 107 cm³/mol. The van der Waals surface area contributed by atoms with Crippen molar-refractivity contribution in [1.82, 2.24) is 20.0 Å².